The SMILES string of the molecule is COC(=O)c1cc(C(C#Cc2ccccc2)=C2CCCC2)oc1C. The molecule has 1 aromatic carbocycles. The van der Waals surface area contributed by atoms with Crippen molar-refractivity contribution in [2.24, 2.45) is 0 Å². The van der Waals surface area contributed by atoms with E-state index in [0.29, 0.717) is 17.1 Å². The highest BCUT2D eigenvalue weighted by Crippen LogP contribution is 2.33. The molecule has 1 fully saturated rings. The van der Waals surface area contributed by atoms with Crippen molar-refractivity contribution in [3.8, 4) is 11.8 Å². The molecule has 0 N–H and O–H groups in total. The zero-order valence-electron chi connectivity index (χ0n) is 14.0. The maximum atomic E-state index is 11.8. The number of furan rings is 1. The molecule has 3 rings (SSSR count). The lowest BCUT2D eigenvalue weighted by atomic mass is 10.0. The first-order valence-electron chi connectivity index (χ1n) is 8.17. The molecule has 1 aliphatic rings. The van der Waals surface area contributed by atoms with Crippen molar-refractivity contribution in [2.75, 3.05) is 7.11 Å². The van der Waals surface area contributed by atoms with Crippen molar-refractivity contribution >= 4 is 11.5 Å². The molecule has 1 saturated carbocycles. The summed E-state index contributed by atoms with van der Waals surface area (Å²) in [6.07, 6.45) is 4.42. The number of esters is 1. The predicted octanol–water partition coefficient (Wildman–Crippen LogP) is 4.75. The third kappa shape index (κ3) is 3.44. The number of hydrogen-bond acceptors (Lipinski definition) is 3. The average molecular weight is 320 g/mol. The predicted molar refractivity (Wildman–Crippen MR) is 93.5 cm³/mol. The van der Waals surface area contributed by atoms with Gasteiger partial charge in [-0.25, -0.2) is 4.79 Å². The van der Waals surface area contributed by atoms with Gasteiger partial charge < -0.3 is 9.15 Å². The van der Waals surface area contributed by atoms with Gasteiger partial charge >= 0.3 is 5.97 Å². The van der Waals surface area contributed by atoms with E-state index in [1.54, 1.807) is 13.0 Å². The Hall–Kier alpha value is -2.73. The molecule has 0 aliphatic heterocycles. The van der Waals surface area contributed by atoms with Gasteiger partial charge in [0.2, 0.25) is 0 Å². The summed E-state index contributed by atoms with van der Waals surface area (Å²) in [4.78, 5) is 11.8. The van der Waals surface area contributed by atoms with Crippen LogP contribution in [0.4, 0.5) is 0 Å². The Balaban J connectivity index is 2.03. The Labute approximate surface area is 142 Å². The summed E-state index contributed by atoms with van der Waals surface area (Å²) in [5, 5.41) is 0. The molecule has 1 aromatic heterocycles. The summed E-state index contributed by atoms with van der Waals surface area (Å²) in [6, 6.07) is 11.6. The Bertz CT molecular complexity index is 821. The molecule has 0 saturated heterocycles. The lowest BCUT2D eigenvalue weighted by Gasteiger charge is -2.01. The monoisotopic (exact) mass is 320 g/mol. The minimum absolute atomic E-state index is 0.380. The Morgan fingerprint density at radius 1 is 1.17 bits per heavy atom. The first-order valence-corrected chi connectivity index (χ1v) is 8.17. The number of carbonyl (C=O) groups excluding carboxylic acids is 1. The third-order valence-corrected chi connectivity index (χ3v) is 4.24. The number of allylic oxidation sites excluding steroid dienone is 2. The zero-order valence-corrected chi connectivity index (χ0v) is 14.0. The quantitative estimate of drug-likeness (QED) is 0.592. The number of carbonyl (C=O) groups is 1. The highest BCUT2D eigenvalue weighted by molar-refractivity contribution is 5.92. The van der Waals surface area contributed by atoms with E-state index in [2.05, 4.69) is 11.8 Å². The van der Waals surface area contributed by atoms with Gasteiger partial charge in [0.15, 0.2) is 0 Å². The molecule has 0 radical (unpaired) electrons. The molecule has 0 amide bonds. The number of rotatable bonds is 2. The average Bonchev–Trinajstić information content (AvgIpc) is 3.26. The van der Waals surface area contributed by atoms with Gasteiger partial charge in [0.05, 0.1) is 12.7 Å². The summed E-state index contributed by atoms with van der Waals surface area (Å²) in [5.74, 6) is 7.33. The fourth-order valence-electron chi connectivity index (χ4n) is 2.95. The Morgan fingerprint density at radius 3 is 2.54 bits per heavy atom. The van der Waals surface area contributed by atoms with E-state index in [1.807, 2.05) is 30.3 Å². The number of hydrogen-bond donors (Lipinski definition) is 0. The highest BCUT2D eigenvalue weighted by atomic mass is 16.5. The van der Waals surface area contributed by atoms with Gasteiger partial charge in [-0.15, -0.1) is 0 Å². The second kappa shape index (κ2) is 7.23. The van der Waals surface area contributed by atoms with Crippen molar-refractivity contribution in [2.45, 2.75) is 32.6 Å². The lowest BCUT2D eigenvalue weighted by molar-refractivity contribution is 0.0599. The van der Waals surface area contributed by atoms with Crippen LogP contribution in [0.25, 0.3) is 5.57 Å². The number of ether oxygens (including phenoxy) is 1. The fraction of sp³-hybridized carbons (Fsp3) is 0.286. The van der Waals surface area contributed by atoms with Crippen LogP contribution in [-0.4, -0.2) is 13.1 Å². The smallest absolute Gasteiger partial charge is 0.341 e. The van der Waals surface area contributed by atoms with Gasteiger partial charge in [-0.3, -0.25) is 0 Å². The molecule has 24 heavy (non-hydrogen) atoms. The van der Waals surface area contributed by atoms with E-state index < -0.39 is 0 Å². The summed E-state index contributed by atoms with van der Waals surface area (Å²) in [7, 11) is 1.38. The molecule has 2 aromatic rings. The second-order valence-corrected chi connectivity index (χ2v) is 5.87. The van der Waals surface area contributed by atoms with Crippen LogP contribution in [0, 0.1) is 18.8 Å². The number of methoxy groups -OCH3 is 1. The standard InChI is InChI=1S/C21H20O3/c1-15-19(21(22)23-2)14-20(24-15)18(17-10-6-7-11-17)13-12-16-8-4-3-5-9-16/h3-5,8-9,14H,6-7,10-11H2,1-2H3. The largest absolute Gasteiger partial charge is 0.465 e. The van der Waals surface area contributed by atoms with Crippen molar-refractivity contribution in [3.63, 3.8) is 0 Å². The van der Waals surface area contributed by atoms with Crippen LogP contribution in [0.3, 0.4) is 0 Å². The number of benzene rings is 1. The van der Waals surface area contributed by atoms with E-state index in [1.165, 1.54) is 25.5 Å². The Morgan fingerprint density at radius 2 is 1.88 bits per heavy atom. The molecule has 122 valence electrons. The molecule has 1 heterocycles. The third-order valence-electron chi connectivity index (χ3n) is 4.24. The van der Waals surface area contributed by atoms with Gasteiger partial charge in [-0.1, -0.05) is 35.6 Å². The highest BCUT2D eigenvalue weighted by Gasteiger charge is 2.20. The van der Waals surface area contributed by atoms with E-state index in [4.69, 9.17) is 9.15 Å². The topological polar surface area (TPSA) is 39.4 Å². The van der Waals surface area contributed by atoms with Crippen LogP contribution in [0.5, 0.6) is 0 Å². The summed E-state index contributed by atoms with van der Waals surface area (Å²) in [6.45, 7) is 1.78. The van der Waals surface area contributed by atoms with Crippen molar-refractivity contribution in [1.82, 2.24) is 0 Å². The maximum absolute atomic E-state index is 11.8. The van der Waals surface area contributed by atoms with Crippen LogP contribution in [0.15, 0.2) is 46.4 Å². The zero-order chi connectivity index (χ0) is 16.9. The van der Waals surface area contributed by atoms with Crippen LogP contribution in [0.2, 0.25) is 0 Å². The maximum Gasteiger partial charge on any atom is 0.341 e. The van der Waals surface area contributed by atoms with Crippen LogP contribution >= 0.6 is 0 Å². The second-order valence-electron chi connectivity index (χ2n) is 5.87. The van der Waals surface area contributed by atoms with Gasteiger partial charge in [-0.2, -0.15) is 0 Å². The first kappa shape index (κ1) is 16.1. The van der Waals surface area contributed by atoms with E-state index in [-0.39, 0.29) is 5.97 Å². The van der Waals surface area contributed by atoms with Gasteiger partial charge in [0.25, 0.3) is 0 Å². The van der Waals surface area contributed by atoms with Crippen LogP contribution in [0.1, 0.15) is 53.1 Å². The van der Waals surface area contributed by atoms with E-state index in [0.717, 1.165) is 24.0 Å². The molecular weight excluding hydrogens is 300 g/mol. The molecule has 0 bridgehead atoms. The van der Waals surface area contributed by atoms with Crippen molar-refractivity contribution in [3.05, 3.63) is 64.6 Å². The first-order chi connectivity index (χ1) is 11.7. The van der Waals surface area contributed by atoms with Crippen molar-refractivity contribution < 1.29 is 13.9 Å². The molecule has 0 atom stereocenters. The molecule has 0 unspecified atom stereocenters. The van der Waals surface area contributed by atoms with Gasteiger partial charge in [0, 0.05) is 5.56 Å². The molecule has 3 nitrogen and oxygen atoms in total. The van der Waals surface area contributed by atoms with Crippen LogP contribution in [-0.2, 0) is 4.74 Å². The summed E-state index contributed by atoms with van der Waals surface area (Å²) < 4.78 is 10.7. The Kier molecular flexibility index (Phi) is 4.86. The van der Waals surface area contributed by atoms with Gasteiger partial charge in [0.1, 0.15) is 17.1 Å². The minimum Gasteiger partial charge on any atom is -0.465 e. The normalized spacial score (nSPS) is 13.3. The van der Waals surface area contributed by atoms with E-state index in [9.17, 15) is 4.79 Å². The van der Waals surface area contributed by atoms with Crippen LogP contribution < -0.4 is 0 Å². The summed E-state index contributed by atoms with van der Waals surface area (Å²) in [5.41, 5.74) is 3.65. The molecule has 0 spiro atoms. The van der Waals surface area contributed by atoms with Crippen molar-refractivity contribution in [1.29, 1.82) is 0 Å². The molecular formula is C21H20O3. The fourth-order valence-corrected chi connectivity index (χ4v) is 2.95. The lowest BCUT2D eigenvalue weighted by Crippen LogP contribution is -2.00. The summed E-state index contributed by atoms with van der Waals surface area (Å²) >= 11 is 0. The molecule has 3 heteroatoms. The minimum atomic E-state index is -0.380. The van der Waals surface area contributed by atoms with E-state index >= 15 is 0 Å². The molecule has 1 aliphatic carbocycles. The van der Waals surface area contributed by atoms with Gasteiger partial charge in [-0.05, 0) is 50.8 Å². The number of aryl methyl sites for hydroxylation is 1.